The Morgan fingerprint density at radius 1 is 0.367 bits per heavy atom. The van der Waals surface area contributed by atoms with E-state index in [1.807, 2.05) is 24.3 Å². The molecule has 0 spiro atoms. The molecule has 0 unspecified atom stereocenters. The highest BCUT2D eigenvalue weighted by atomic mass is 19.4. The van der Waals surface area contributed by atoms with E-state index in [2.05, 4.69) is 149 Å². The number of halogens is 3. The summed E-state index contributed by atoms with van der Waals surface area (Å²) in [5.74, 6) is 0.436. The van der Waals surface area contributed by atoms with E-state index in [0.717, 1.165) is 83.2 Å². The predicted molar refractivity (Wildman–Crippen MR) is 239 cm³/mol. The molecule has 9 aromatic carbocycles. The topological polar surface area (TPSA) is 35.6 Å². The van der Waals surface area contributed by atoms with Crippen LogP contribution in [0.25, 0.3) is 110 Å². The van der Waals surface area contributed by atoms with E-state index in [4.69, 9.17) is 9.97 Å². The summed E-state index contributed by atoms with van der Waals surface area (Å²) < 4.78 is 46.0. The minimum absolute atomic E-state index is 0.436. The molecule has 60 heavy (non-hydrogen) atoms. The second-order valence-corrected chi connectivity index (χ2v) is 15.3. The molecular formula is C53H31F3N4. The Bertz CT molecular complexity index is 3670. The van der Waals surface area contributed by atoms with E-state index in [1.54, 1.807) is 6.07 Å². The zero-order valence-corrected chi connectivity index (χ0v) is 31.8. The van der Waals surface area contributed by atoms with Crippen molar-refractivity contribution in [3.63, 3.8) is 0 Å². The summed E-state index contributed by atoms with van der Waals surface area (Å²) in [6, 6.07) is 62.3. The van der Waals surface area contributed by atoms with E-state index in [1.165, 1.54) is 22.9 Å². The van der Waals surface area contributed by atoms with Gasteiger partial charge in [-0.25, -0.2) is 9.97 Å². The van der Waals surface area contributed by atoms with Crippen LogP contribution in [0.15, 0.2) is 188 Å². The zero-order valence-electron chi connectivity index (χ0n) is 31.8. The Labute approximate surface area is 341 Å². The summed E-state index contributed by atoms with van der Waals surface area (Å²) in [6.07, 6.45) is -4.45. The van der Waals surface area contributed by atoms with Crippen molar-refractivity contribution in [3.8, 4) is 34.0 Å². The fourth-order valence-corrected chi connectivity index (χ4v) is 9.14. The number of para-hydroxylation sites is 3. The third kappa shape index (κ3) is 5.25. The first-order valence-electron chi connectivity index (χ1n) is 19.8. The van der Waals surface area contributed by atoms with Gasteiger partial charge in [-0.05, 0) is 82.9 Å². The first-order valence-corrected chi connectivity index (χ1v) is 19.8. The smallest absolute Gasteiger partial charge is 0.309 e. The lowest BCUT2D eigenvalue weighted by molar-refractivity contribution is -0.137. The van der Waals surface area contributed by atoms with Gasteiger partial charge in [-0.1, -0.05) is 121 Å². The van der Waals surface area contributed by atoms with Crippen molar-refractivity contribution in [3.05, 3.63) is 194 Å². The molecule has 0 fully saturated rings. The predicted octanol–water partition coefficient (Wildman–Crippen LogP) is 14.5. The van der Waals surface area contributed by atoms with Crippen LogP contribution in [0, 0.1) is 0 Å². The van der Waals surface area contributed by atoms with Crippen LogP contribution >= 0.6 is 0 Å². The lowest BCUT2D eigenvalue weighted by Crippen LogP contribution is -2.04. The summed E-state index contributed by atoms with van der Waals surface area (Å²) in [5, 5.41) is 8.77. The Balaban J connectivity index is 1.08. The van der Waals surface area contributed by atoms with Crippen molar-refractivity contribution in [2.24, 2.45) is 0 Å². The molecule has 0 radical (unpaired) electrons. The maximum atomic E-state index is 13.8. The molecule has 284 valence electrons. The van der Waals surface area contributed by atoms with Crippen LogP contribution in [0.3, 0.4) is 0 Å². The molecule has 0 aliphatic heterocycles. The Morgan fingerprint density at radius 3 is 1.67 bits per heavy atom. The molecule has 12 rings (SSSR count). The molecule has 4 nitrogen and oxygen atoms in total. The molecular weight excluding hydrogens is 750 g/mol. The zero-order chi connectivity index (χ0) is 40.1. The molecule has 0 amide bonds. The first kappa shape index (κ1) is 34.3. The fourth-order valence-electron chi connectivity index (χ4n) is 9.14. The summed E-state index contributed by atoms with van der Waals surface area (Å²) in [6.45, 7) is 0. The Morgan fingerprint density at radius 2 is 0.950 bits per heavy atom. The molecule has 0 saturated carbocycles. The summed E-state index contributed by atoms with van der Waals surface area (Å²) >= 11 is 0. The fraction of sp³-hybridized carbons (Fsp3) is 0.0189. The molecule has 0 aliphatic rings. The van der Waals surface area contributed by atoms with Crippen LogP contribution in [-0.4, -0.2) is 19.1 Å². The molecule has 0 N–H and O–H groups in total. The number of fused-ring (bicyclic) bond motifs is 10. The number of benzene rings is 9. The monoisotopic (exact) mass is 780 g/mol. The third-order valence-electron chi connectivity index (χ3n) is 11.9. The van der Waals surface area contributed by atoms with Gasteiger partial charge < -0.3 is 9.13 Å². The average molecular weight is 781 g/mol. The lowest BCUT2D eigenvalue weighted by atomic mass is 10.00. The van der Waals surface area contributed by atoms with E-state index in [-0.39, 0.29) is 0 Å². The quantitative estimate of drug-likeness (QED) is 0.167. The van der Waals surface area contributed by atoms with E-state index >= 15 is 0 Å². The highest BCUT2D eigenvalue weighted by Gasteiger charge is 2.30. The highest BCUT2D eigenvalue weighted by Crippen LogP contribution is 2.40. The minimum Gasteiger partial charge on any atom is -0.309 e. The molecule has 0 aliphatic carbocycles. The van der Waals surface area contributed by atoms with Gasteiger partial charge in [0.2, 0.25) is 0 Å². The van der Waals surface area contributed by atoms with Crippen LogP contribution in [-0.2, 0) is 6.18 Å². The molecule has 12 aromatic rings. The molecule has 3 heterocycles. The van der Waals surface area contributed by atoms with Gasteiger partial charge in [-0.2, -0.15) is 13.2 Å². The Kier molecular flexibility index (Phi) is 7.35. The number of hydrogen-bond acceptors (Lipinski definition) is 2. The van der Waals surface area contributed by atoms with Gasteiger partial charge in [0.15, 0.2) is 5.82 Å². The maximum Gasteiger partial charge on any atom is 0.416 e. The van der Waals surface area contributed by atoms with Crippen molar-refractivity contribution in [2.45, 2.75) is 6.18 Å². The summed E-state index contributed by atoms with van der Waals surface area (Å²) in [5.41, 5.74) is 8.82. The third-order valence-corrected chi connectivity index (χ3v) is 11.9. The van der Waals surface area contributed by atoms with Gasteiger partial charge in [0, 0.05) is 54.8 Å². The van der Waals surface area contributed by atoms with Crippen molar-refractivity contribution in [2.75, 3.05) is 0 Å². The van der Waals surface area contributed by atoms with Gasteiger partial charge in [-0.15, -0.1) is 0 Å². The van der Waals surface area contributed by atoms with Crippen molar-refractivity contribution >= 4 is 76.1 Å². The van der Waals surface area contributed by atoms with Gasteiger partial charge in [0.1, 0.15) is 0 Å². The van der Waals surface area contributed by atoms with Crippen LogP contribution in [0.4, 0.5) is 13.2 Å². The van der Waals surface area contributed by atoms with E-state index in [9.17, 15) is 13.2 Å². The average Bonchev–Trinajstić information content (AvgIpc) is 3.80. The Hall–Kier alpha value is -7.77. The normalized spacial score (nSPS) is 12.2. The van der Waals surface area contributed by atoms with Crippen molar-refractivity contribution < 1.29 is 13.2 Å². The number of rotatable bonds is 4. The SMILES string of the molecule is FC(F)(F)c1ccc2ccc(-c3nc(-c4cccc(-n5c6ccccc6c6ccc(-n7c8ccccc8c8ccccc87)cc65)c4)c4ccc5ccccc5c4n3)cc2c1. The second kappa shape index (κ2) is 12.9. The van der Waals surface area contributed by atoms with Gasteiger partial charge >= 0.3 is 6.18 Å². The molecule has 0 bridgehead atoms. The van der Waals surface area contributed by atoms with Crippen LogP contribution in [0.2, 0.25) is 0 Å². The van der Waals surface area contributed by atoms with Crippen molar-refractivity contribution in [1.82, 2.24) is 19.1 Å². The second-order valence-electron chi connectivity index (χ2n) is 15.3. The number of nitrogens with zero attached hydrogens (tertiary/aromatic N) is 4. The van der Waals surface area contributed by atoms with Crippen LogP contribution in [0.1, 0.15) is 5.56 Å². The van der Waals surface area contributed by atoms with E-state index in [0.29, 0.717) is 22.2 Å². The lowest BCUT2D eigenvalue weighted by Gasteiger charge is -2.14. The van der Waals surface area contributed by atoms with E-state index < -0.39 is 11.7 Å². The number of aromatic nitrogens is 4. The molecule has 3 aromatic heterocycles. The highest BCUT2D eigenvalue weighted by molar-refractivity contribution is 6.13. The maximum absolute atomic E-state index is 13.8. The largest absolute Gasteiger partial charge is 0.416 e. The molecule has 0 atom stereocenters. The molecule has 0 saturated heterocycles. The van der Waals surface area contributed by atoms with Crippen molar-refractivity contribution in [1.29, 1.82) is 0 Å². The van der Waals surface area contributed by atoms with Crippen LogP contribution in [0.5, 0.6) is 0 Å². The number of alkyl halides is 3. The standard InChI is InChI=1S/C53H31F3N4/c54-53(55,56)37-24-22-32-20-21-35(28-36(32)29-37)52-57-50(45-26-23-33-10-1-2-13-40(33)51(45)58-52)34-11-9-12-38(30-34)60-48-19-8-5-16-43(48)44-27-25-39(31-49(44)60)59-46-17-6-3-14-41(46)42-15-4-7-18-47(42)59/h1-31H. The van der Waals surface area contributed by atoms with Gasteiger partial charge in [-0.3, -0.25) is 0 Å². The first-order chi connectivity index (χ1) is 29.4. The number of hydrogen-bond donors (Lipinski definition) is 0. The van der Waals surface area contributed by atoms with Gasteiger partial charge in [0.05, 0.1) is 38.8 Å². The minimum atomic E-state index is -4.45. The van der Waals surface area contributed by atoms with Gasteiger partial charge in [0.25, 0.3) is 0 Å². The molecule has 7 heteroatoms. The summed E-state index contributed by atoms with van der Waals surface area (Å²) in [7, 11) is 0. The van der Waals surface area contributed by atoms with Crippen LogP contribution < -0.4 is 0 Å². The summed E-state index contributed by atoms with van der Waals surface area (Å²) in [4.78, 5) is 10.4.